The summed E-state index contributed by atoms with van der Waals surface area (Å²) in [6, 6.07) is 71.5. The Balaban J connectivity index is 0.957. The van der Waals surface area contributed by atoms with Crippen molar-refractivity contribution in [3.63, 3.8) is 0 Å². The molecule has 1 aliphatic carbocycles. The molecule has 2 saturated heterocycles. The van der Waals surface area contributed by atoms with E-state index in [-0.39, 0.29) is 65.4 Å². The van der Waals surface area contributed by atoms with Crippen LogP contribution in [-0.4, -0.2) is 111 Å². The lowest BCUT2D eigenvalue weighted by molar-refractivity contribution is -0.361. The summed E-state index contributed by atoms with van der Waals surface area (Å²) in [6.45, 7) is 5.38. The number of esters is 1. The van der Waals surface area contributed by atoms with Crippen LogP contribution in [0.25, 0.3) is 21.6 Å². The molecule has 2 fully saturated rings. The number of benzene rings is 8. The Bertz CT molecular complexity index is 3620. The topological polar surface area (TPSA) is 206 Å². The molecule has 8 aromatic carbocycles. The van der Waals surface area contributed by atoms with Crippen LogP contribution >= 0.6 is 0 Å². The zero-order valence-electron chi connectivity index (χ0n) is 53.0. The fourth-order valence-corrected chi connectivity index (χ4v) is 11.9. The number of fused-ring (bicyclic) bond motifs is 3. The van der Waals surface area contributed by atoms with E-state index in [2.05, 4.69) is 15.3 Å². The van der Waals surface area contributed by atoms with Crippen LogP contribution in [0.15, 0.2) is 236 Å². The van der Waals surface area contributed by atoms with Gasteiger partial charge in [-0.1, -0.05) is 236 Å². The van der Waals surface area contributed by atoms with Crippen molar-refractivity contribution in [2.45, 2.75) is 139 Å². The molecule has 0 saturated carbocycles. The average molecular weight is 1270 g/mol. The number of nitrogens with zero attached hydrogens (tertiary/aromatic N) is 3. The summed E-state index contributed by atoms with van der Waals surface area (Å²) in [5, 5.41) is 7.14. The van der Waals surface area contributed by atoms with Crippen LogP contribution in [0.3, 0.4) is 0 Å². The first kappa shape index (κ1) is 66.9. The summed E-state index contributed by atoms with van der Waals surface area (Å²) in [5.74, 6) is -1.09. The number of carbonyl (C=O) groups excluding carboxylic acids is 2. The molecular weight excluding hydrogens is 1190 g/mol. The lowest BCUT2D eigenvalue weighted by Gasteiger charge is -2.50. The van der Waals surface area contributed by atoms with Gasteiger partial charge in [0.25, 0.3) is 0 Å². The highest BCUT2D eigenvalue weighted by Gasteiger charge is 2.55. The van der Waals surface area contributed by atoms with Crippen molar-refractivity contribution in [2.75, 3.05) is 26.4 Å². The van der Waals surface area contributed by atoms with Gasteiger partial charge in [0.05, 0.1) is 59.5 Å². The molecule has 11 atom stereocenters. The van der Waals surface area contributed by atoms with Crippen LogP contribution in [0.1, 0.15) is 71.2 Å². The third kappa shape index (κ3) is 18.4. The summed E-state index contributed by atoms with van der Waals surface area (Å²) in [6.07, 6.45) is -10.9. The number of alkyl carbamates (subject to hydrolysis) is 1. The van der Waals surface area contributed by atoms with Crippen molar-refractivity contribution in [3.05, 3.63) is 285 Å². The third-order valence-electron chi connectivity index (χ3n) is 16.4. The summed E-state index contributed by atoms with van der Waals surface area (Å²) in [4.78, 5) is 31.9. The Morgan fingerprint density at radius 2 is 0.851 bits per heavy atom. The van der Waals surface area contributed by atoms with Gasteiger partial charge in [0, 0.05) is 10.8 Å². The second kappa shape index (κ2) is 33.5. The molecule has 488 valence electrons. The number of rotatable bonds is 30. The number of nitrogens with one attached hydrogen (secondary N) is 1. The molecule has 0 unspecified atom stereocenters. The van der Waals surface area contributed by atoms with E-state index in [1.807, 2.05) is 231 Å². The predicted molar refractivity (Wildman–Crippen MR) is 351 cm³/mol. The first-order valence-corrected chi connectivity index (χ1v) is 31.9. The van der Waals surface area contributed by atoms with Crippen LogP contribution in [0.5, 0.6) is 0 Å². The number of hydrogen-bond donors (Lipinski definition) is 1. The largest absolute Gasteiger partial charge is 0.458 e. The number of ether oxygens (including phenoxy) is 12. The van der Waals surface area contributed by atoms with E-state index in [1.54, 1.807) is 20.8 Å². The van der Waals surface area contributed by atoms with Crippen molar-refractivity contribution in [3.8, 4) is 11.1 Å². The van der Waals surface area contributed by atoms with Crippen molar-refractivity contribution < 1.29 is 66.4 Å². The minimum absolute atomic E-state index is 0.0106. The SMILES string of the molecule is CC(C)(C)OC(=O)[C@H](CO[C@H]1O[C@H](COCc2ccccc2)[C@H](OCc2ccccc2)[C@H](O[C@@H]2O[C@H](COCc3ccccc3)[C@H](OCc3ccccc3)[C@H](OCc3ccccc3)[C@H]2OCc2ccccc2)[C@H]1N=[N+]=[N-])NC(=O)OCC1c2ccccc2-c2ccccc21. The molecule has 11 rings (SSSR count). The number of amides is 1. The summed E-state index contributed by atoms with van der Waals surface area (Å²) < 4.78 is 81.6. The first-order valence-electron chi connectivity index (χ1n) is 31.9. The first-order chi connectivity index (χ1) is 46.0. The molecule has 18 nitrogen and oxygen atoms in total. The van der Waals surface area contributed by atoms with Gasteiger partial charge in [0.1, 0.15) is 61.0 Å². The number of hydrogen-bond acceptors (Lipinski definition) is 15. The van der Waals surface area contributed by atoms with Gasteiger partial charge in [-0.2, -0.15) is 0 Å². The highest BCUT2D eigenvalue weighted by molar-refractivity contribution is 5.82. The molecule has 3 aliphatic rings. The Kier molecular flexibility index (Phi) is 23.8. The van der Waals surface area contributed by atoms with Gasteiger partial charge in [-0.15, -0.1) is 0 Å². The minimum atomic E-state index is -1.51. The van der Waals surface area contributed by atoms with Crippen LogP contribution in [0.2, 0.25) is 0 Å². The van der Waals surface area contributed by atoms with Crippen LogP contribution in [0, 0.1) is 0 Å². The zero-order valence-corrected chi connectivity index (χ0v) is 53.0. The summed E-state index contributed by atoms with van der Waals surface area (Å²) in [5.41, 5.74) is 19.2. The van der Waals surface area contributed by atoms with Gasteiger partial charge in [-0.25, -0.2) is 9.59 Å². The maximum atomic E-state index is 14.4. The lowest BCUT2D eigenvalue weighted by Crippen LogP contribution is -2.66. The summed E-state index contributed by atoms with van der Waals surface area (Å²) in [7, 11) is 0. The molecule has 1 N–H and O–H groups in total. The fourth-order valence-electron chi connectivity index (χ4n) is 11.9. The maximum absolute atomic E-state index is 14.4. The van der Waals surface area contributed by atoms with Gasteiger partial charge in [-0.05, 0) is 81.9 Å². The maximum Gasteiger partial charge on any atom is 0.407 e. The highest BCUT2D eigenvalue weighted by Crippen LogP contribution is 2.45. The quantitative estimate of drug-likeness (QED) is 0.0192. The molecule has 0 spiro atoms. The molecule has 2 aliphatic heterocycles. The van der Waals surface area contributed by atoms with Gasteiger partial charge in [0.15, 0.2) is 18.6 Å². The second-order valence-corrected chi connectivity index (χ2v) is 24.3. The highest BCUT2D eigenvalue weighted by atomic mass is 16.7. The van der Waals surface area contributed by atoms with E-state index in [9.17, 15) is 15.1 Å². The molecule has 0 bridgehead atoms. The Labute approximate surface area is 548 Å². The molecule has 8 aromatic rings. The average Bonchev–Trinajstić information content (AvgIpc) is 1.41. The Hall–Kier alpha value is -8.59. The van der Waals surface area contributed by atoms with Crippen molar-refractivity contribution in [2.24, 2.45) is 5.11 Å². The van der Waals surface area contributed by atoms with E-state index >= 15 is 0 Å². The van der Waals surface area contributed by atoms with E-state index < -0.39 is 91.7 Å². The molecule has 1 amide bonds. The van der Waals surface area contributed by atoms with E-state index in [0.29, 0.717) is 0 Å². The monoisotopic (exact) mass is 1270 g/mol. The molecule has 2 heterocycles. The molecule has 18 heteroatoms. The van der Waals surface area contributed by atoms with Crippen LogP contribution in [0.4, 0.5) is 4.79 Å². The Morgan fingerprint density at radius 3 is 1.29 bits per heavy atom. The number of azide groups is 1. The van der Waals surface area contributed by atoms with Crippen molar-refractivity contribution in [1.82, 2.24) is 5.32 Å². The number of carbonyl (C=O) groups is 2. The fraction of sp³-hybridized carbons (Fsp3) is 0.342. The smallest absolute Gasteiger partial charge is 0.407 e. The van der Waals surface area contributed by atoms with Crippen molar-refractivity contribution >= 4 is 12.1 Å². The van der Waals surface area contributed by atoms with Gasteiger partial charge in [-0.3, -0.25) is 0 Å². The molecule has 0 radical (unpaired) electrons. The van der Waals surface area contributed by atoms with Gasteiger partial charge < -0.3 is 62.2 Å². The van der Waals surface area contributed by atoms with E-state index in [4.69, 9.17) is 56.8 Å². The van der Waals surface area contributed by atoms with Gasteiger partial charge >= 0.3 is 12.1 Å². The van der Waals surface area contributed by atoms with Crippen molar-refractivity contribution in [1.29, 1.82) is 0 Å². The van der Waals surface area contributed by atoms with E-state index in [1.165, 1.54) is 0 Å². The molecule has 0 aromatic heterocycles. The van der Waals surface area contributed by atoms with E-state index in [0.717, 1.165) is 55.6 Å². The standard InChI is InChI=1S/C76H80N4O14/c1-76(2,3)94-72(81)63(78-75(82)90-48-62-60-40-24-22-38-58(60)59-39-23-25-41-61(59)62)49-89-73-66(79-80-77)69(67(85-44-54-30-14-6-15-31-54)64(91-73)50-83-42-52-26-10-4-11-27-52)93-74-71(88-47-57-36-20-9-21-37-57)70(87-46-56-34-18-8-19-35-56)68(86-45-55-32-16-7-17-33-55)65(92-74)51-84-43-53-28-12-5-13-29-53/h4-41,62-71,73-74H,42-51H2,1-3H3,(H,78,82)/t63-,64+,65+,66+,67-,68-,69+,70-,71+,73-,74-/m0/s1. The second-order valence-electron chi connectivity index (χ2n) is 24.3. The third-order valence-corrected chi connectivity index (χ3v) is 16.4. The zero-order chi connectivity index (χ0) is 64.9. The summed E-state index contributed by atoms with van der Waals surface area (Å²) >= 11 is 0. The normalized spacial score (nSPS) is 22.0. The van der Waals surface area contributed by atoms with Gasteiger partial charge in [0.2, 0.25) is 0 Å². The molecule has 94 heavy (non-hydrogen) atoms. The van der Waals surface area contributed by atoms with Crippen LogP contribution < -0.4 is 5.32 Å². The molecular formula is C76H80N4O14. The minimum Gasteiger partial charge on any atom is -0.458 e. The lowest BCUT2D eigenvalue weighted by atomic mass is 9.95. The Morgan fingerprint density at radius 1 is 0.468 bits per heavy atom. The predicted octanol–water partition coefficient (Wildman–Crippen LogP) is 13.5. The van der Waals surface area contributed by atoms with Crippen LogP contribution in [-0.2, 0) is 101 Å².